The standard InChI is InChI=1S/C7H12O2.C5H8O3.C4H6O2.C3H4O2/c1-3-5-6-9-7(8)4-2;1-2-5(7)8-4-3-6;1-3-6-4(2)5;1-2-3(4)5/h4H,2-3,5-6H2,1H3;2,6H,1,3-4H2;3H,1H2,2H3;2H,1H2,(H,4,5). The number of esters is 3. The molecule has 0 bridgehead atoms. The van der Waals surface area contributed by atoms with Crippen LogP contribution in [0.25, 0.3) is 0 Å². The molecular weight excluding hydrogens is 372 g/mol. The molecule has 0 spiro atoms. The van der Waals surface area contributed by atoms with Crippen molar-refractivity contribution in [2.45, 2.75) is 26.7 Å². The summed E-state index contributed by atoms with van der Waals surface area (Å²) in [6.07, 6.45) is 6.14. The number of aliphatic hydroxyl groups excluding tert-OH is 1. The lowest BCUT2D eigenvalue weighted by Crippen LogP contribution is -2.04. The zero-order valence-corrected chi connectivity index (χ0v) is 16.4. The highest BCUT2D eigenvalue weighted by atomic mass is 16.5. The molecule has 0 aromatic carbocycles. The third-order valence-corrected chi connectivity index (χ3v) is 1.84. The van der Waals surface area contributed by atoms with Gasteiger partial charge >= 0.3 is 23.9 Å². The Kier molecular flexibility index (Phi) is 33.2. The van der Waals surface area contributed by atoms with E-state index in [0.29, 0.717) is 6.61 Å². The fourth-order valence-corrected chi connectivity index (χ4v) is 0.699. The molecule has 0 radical (unpaired) electrons. The molecule has 0 aliphatic rings. The molecule has 0 aliphatic heterocycles. The van der Waals surface area contributed by atoms with E-state index < -0.39 is 11.9 Å². The van der Waals surface area contributed by atoms with Crippen molar-refractivity contribution in [2.24, 2.45) is 0 Å². The lowest BCUT2D eigenvalue weighted by Gasteiger charge is -1.97. The van der Waals surface area contributed by atoms with Gasteiger partial charge in [0.1, 0.15) is 6.61 Å². The quantitative estimate of drug-likeness (QED) is 0.195. The number of carboxylic acids is 1. The first-order valence-corrected chi connectivity index (χ1v) is 7.99. The van der Waals surface area contributed by atoms with Crippen LogP contribution >= 0.6 is 0 Å². The summed E-state index contributed by atoms with van der Waals surface area (Å²) in [5.74, 6) is -2.14. The van der Waals surface area contributed by atoms with Crippen LogP contribution in [0, 0.1) is 0 Å². The number of unbranched alkanes of at least 4 members (excludes halogenated alkanes) is 1. The molecule has 0 atom stereocenters. The first-order chi connectivity index (χ1) is 13.2. The SMILES string of the molecule is C=CC(=O)O.C=CC(=O)OCCCC.C=CC(=O)OCCO.C=COC(C)=O. The monoisotopic (exact) mass is 402 g/mol. The summed E-state index contributed by atoms with van der Waals surface area (Å²) in [6.45, 7) is 16.3. The van der Waals surface area contributed by atoms with Gasteiger partial charge in [-0.05, 0) is 6.42 Å². The number of aliphatic carboxylic acids is 1. The maximum absolute atomic E-state index is 10.3. The van der Waals surface area contributed by atoms with Gasteiger partial charge < -0.3 is 24.4 Å². The second-order valence-corrected chi connectivity index (χ2v) is 4.14. The van der Waals surface area contributed by atoms with Crippen molar-refractivity contribution in [3.05, 3.63) is 50.8 Å². The molecule has 0 aromatic heterocycles. The highest BCUT2D eigenvalue weighted by molar-refractivity contribution is 5.81. The maximum atomic E-state index is 10.3. The molecule has 0 heterocycles. The van der Waals surface area contributed by atoms with Crippen LogP contribution in [-0.2, 0) is 33.4 Å². The van der Waals surface area contributed by atoms with Crippen LogP contribution in [0.2, 0.25) is 0 Å². The van der Waals surface area contributed by atoms with Crippen molar-refractivity contribution in [1.82, 2.24) is 0 Å². The predicted octanol–water partition coefficient (Wildman–Crippen LogP) is 2.17. The van der Waals surface area contributed by atoms with Crippen molar-refractivity contribution in [1.29, 1.82) is 0 Å². The Bertz CT molecular complexity index is 482. The number of aliphatic hydroxyl groups is 1. The number of rotatable bonds is 9. The summed E-state index contributed by atoms with van der Waals surface area (Å²) in [5, 5.41) is 15.7. The van der Waals surface area contributed by atoms with Crippen LogP contribution in [0.3, 0.4) is 0 Å². The fourth-order valence-electron chi connectivity index (χ4n) is 0.699. The molecule has 0 rings (SSSR count). The maximum Gasteiger partial charge on any atom is 0.330 e. The van der Waals surface area contributed by atoms with E-state index in [0.717, 1.165) is 31.3 Å². The molecule has 9 heteroatoms. The van der Waals surface area contributed by atoms with E-state index in [1.165, 1.54) is 13.0 Å². The van der Waals surface area contributed by atoms with Gasteiger partial charge in [-0.3, -0.25) is 4.79 Å². The first-order valence-electron chi connectivity index (χ1n) is 7.99. The zero-order chi connectivity index (χ0) is 22.8. The molecule has 0 aromatic rings. The Balaban J connectivity index is -0.000000141. The zero-order valence-electron chi connectivity index (χ0n) is 16.4. The van der Waals surface area contributed by atoms with Gasteiger partial charge in [0, 0.05) is 25.2 Å². The largest absolute Gasteiger partial charge is 0.478 e. The predicted molar refractivity (Wildman–Crippen MR) is 104 cm³/mol. The molecule has 160 valence electrons. The fraction of sp³-hybridized carbons (Fsp3) is 0.368. The molecule has 0 saturated heterocycles. The van der Waals surface area contributed by atoms with Crippen LogP contribution in [-0.4, -0.2) is 53.9 Å². The van der Waals surface area contributed by atoms with Crippen molar-refractivity contribution >= 4 is 23.9 Å². The second-order valence-electron chi connectivity index (χ2n) is 4.14. The summed E-state index contributed by atoms with van der Waals surface area (Å²) in [5.41, 5.74) is 0. The molecular formula is C19H30O9. The van der Waals surface area contributed by atoms with Gasteiger partial charge in [-0.1, -0.05) is 39.7 Å². The van der Waals surface area contributed by atoms with Crippen LogP contribution in [0.15, 0.2) is 50.8 Å². The number of hydrogen-bond acceptors (Lipinski definition) is 8. The number of ether oxygens (including phenoxy) is 3. The lowest BCUT2D eigenvalue weighted by atomic mass is 10.4. The number of carbonyl (C=O) groups excluding carboxylic acids is 3. The number of carboxylic acid groups (broad SMARTS) is 1. The summed E-state index contributed by atoms with van der Waals surface area (Å²) in [7, 11) is 0. The first kappa shape index (κ1) is 32.5. The van der Waals surface area contributed by atoms with E-state index in [4.69, 9.17) is 10.2 Å². The van der Waals surface area contributed by atoms with Gasteiger partial charge in [0.2, 0.25) is 0 Å². The molecule has 0 fully saturated rings. The Labute approximate surface area is 165 Å². The van der Waals surface area contributed by atoms with E-state index >= 15 is 0 Å². The highest BCUT2D eigenvalue weighted by Gasteiger charge is 1.91. The van der Waals surface area contributed by atoms with Crippen molar-refractivity contribution < 1.29 is 43.6 Å². The van der Waals surface area contributed by atoms with E-state index in [9.17, 15) is 19.2 Å². The van der Waals surface area contributed by atoms with Gasteiger partial charge in [0.15, 0.2) is 0 Å². The van der Waals surface area contributed by atoms with Gasteiger partial charge in [-0.25, -0.2) is 14.4 Å². The summed E-state index contributed by atoms with van der Waals surface area (Å²) >= 11 is 0. The van der Waals surface area contributed by atoms with E-state index in [-0.39, 0.29) is 25.2 Å². The minimum absolute atomic E-state index is 0.0465. The molecule has 9 nitrogen and oxygen atoms in total. The number of hydrogen-bond donors (Lipinski definition) is 2. The third kappa shape index (κ3) is 49.5. The molecule has 2 N–H and O–H groups in total. The van der Waals surface area contributed by atoms with Gasteiger partial charge in [0.25, 0.3) is 0 Å². The second kappa shape index (κ2) is 28.6. The topological polar surface area (TPSA) is 136 Å². The molecule has 0 saturated carbocycles. The average molecular weight is 402 g/mol. The van der Waals surface area contributed by atoms with Crippen LogP contribution in [0.5, 0.6) is 0 Å². The molecule has 0 unspecified atom stereocenters. The smallest absolute Gasteiger partial charge is 0.330 e. The van der Waals surface area contributed by atoms with E-state index in [1.54, 1.807) is 0 Å². The Morgan fingerprint density at radius 3 is 1.54 bits per heavy atom. The normalized spacial score (nSPS) is 7.68. The number of carbonyl (C=O) groups is 4. The van der Waals surface area contributed by atoms with Crippen molar-refractivity contribution in [3.8, 4) is 0 Å². The van der Waals surface area contributed by atoms with Crippen LogP contribution < -0.4 is 0 Å². The van der Waals surface area contributed by atoms with Crippen LogP contribution in [0.4, 0.5) is 0 Å². The summed E-state index contributed by atoms with van der Waals surface area (Å²) in [6, 6.07) is 0. The third-order valence-electron chi connectivity index (χ3n) is 1.84. The molecule has 0 aliphatic carbocycles. The van der Waals surface area contributed by atoms with Gasteiger partial charge in [-0.2, -0.15) is 0 Å². The highest BCUT2D eigenvalue weighted by Crippen LogP contribution is 1.88. The Morgan fingerprint density at radius 2 is 1.32 bits per heavy atom. The van der Waals surface area contributed by atoms with E-state index in [2.05, 4.69) is 40.5 Å². The average Bonchev–Trinajstić information content (AvgIpc) is 2.67. The summed E-state index contributed by atoms with van der Waals surface area (Å²) < 4.78 is 13.2. The molecule has 28 heavy (non-hydrogen) atoms. The Hall–Kier alpha value is -3.20. The summed E-state index contributed by atoms with van der Waals surface area (Å²) in [4.78, 5) is 39.5. The molecule has 0 amide bonds. The van der Waals surface area contributed by atoms with Gasteiger partial charge in [0.05, 0.1) is 19.5 Å². The van der Waals surface area contributed by atoms with Crippen molar-refractivity contribution in [2.75, 3.05) is 19.8 Å². The lowest BCUT2D eigenvalue weighted by molar-refractivity contribution is -0.139. The van der Waals surface area contributed by atoms with E-state index in [1.807, 2.05) is 6.92 Å². The minimum atomic E-state index is -0.981. The minimum Gasteiger partial charge on any atom is -0.478 e. The Morgan fingerprint density at radius 1 is 0.893 bits per heavy atom. The van der Waals surface area contributed by atoms with Gasteiger partial charge in [-0.15, -0.1) is 0 Å². The van der Waals surface area contributed by atoms with Crippen molar-refractivity contribution in [3.63, 3.8) is 0 Å². The van der Waals surface area contributed by atoms with Crippen LogP contribution in [0.1, 0.15) is 26.7 Å².